The van der Waals surface area contributed by atoms with Crippen molar-refractivity contribution >= 4 is 16.7 Å². The molecule has 2 aromatic carbocycles. The Labute approximate surface area is 172 Å². The van der Waals surface area contributed by atoms with Crippen LogP contribution in [0.5, 0.6) is 0 Å². The molecule has 0 atom stereocenters. The number of aryl methyl sites for hydroxylation is 2. The molecular weight excluding hydrogens is 521 g/mol. The Morgan fingerprint density at radius 2 is 1.85 bits per heavy atom. The van der Waals surface area contributed by atoms with Crippen molar-refractivity contribution in [3.63, 3.8) is 0 Å². The molecule has 0 unspecified atom stereocenters. The third kappa shape index (κ3) is 6.70. The van der Waals surface area contributed by atoms with Gasteiger partial charge in [-0.2, -0.15) is 0 Å². The van der Waals surface area contributed by atoms with E-state index in [0.717, 1.165) is 22.2 Å². The Kier molecular flexibility index (Phi) is 8.48. The number of aliphatic hydroxyl groups excluding tert-OH is 1. The summed E-state index contributed by atoms with van der Waals surface area (Å²) < 4.78 is 13.5. The molecule has 0 aliphatic rings. The van der Waals surface area contributed by atoms with Crippen molar-refractivity contribution in [3.8, 4) is 11.3 Å². The number of benzene rings is 2. The molecule has 0 saturated heterocycles. The number of carbonyl (C=O) groups is 1. The molecule has 1 aromatic heterocycles. The van der Waals surface area contributed by atoms with E-state index >= 15 is 0 Å². The summed E-state index contributed by atoms with van der Waals surface area (Å²) in [5.74, 6) is -0.253. The molecule has 0 fully saturated rings. The van der Waals surface area contributed by atoms with E-state index in [2.05, 4.69) is 11.1 Å². The Balaban J connectivity index is 0.000000395. The van der Waals surface area contributed by atoms with Crippen LogP contribution in [-0.2, 0) is 24.9 Å². The van der Waals surface area contributed by atoms with Gasteiger partial charge in [0.15, 0.2) is 5.78 Å². The largest absolute Gasteiger partial charge is 0.512 e. The molecule has 0 amide bonds. The smallest absolute Gasteiger partial charge is 0.155 e. The van der Waals surface area contributed by atoms with Crippen LogP contribution in [-0.4, -0.2) is 15.9 Å². The number of pyridine rings is 1. The van der Waals surface area contributed by atoms with Gasteiger partial charge in [-0.25, -0.2) is 4.39 Å². The summed E-state index contributed by atoms with van der Waals surface area (Å²) in [4.78, 5) is 14.6. The van der Waals surface area contributed by atoms with E-state index in [4.69, 9.17) is 5.11 Å². The fourth-order valence-electron chi connectivity index (χ4n) is 2.42. The van der Waals surface area contributed by atoms with Gasteiger partial charge in [-0.3, -0.25) is 9.78 Å². The van der Waals surface area contributed by atoms with E-state index in [1.807, 2.05) is 37.3 Å². The molecule has 0 aliphatic heterocycles. The van der Waals surface area contributed by atoms with Gasteiger partial charge in [-0.05, 0) is 44.2 Å². The van der Waals surface area contributed by atoms with E-state index in [-0.39, 0.29) is 37.5 Å². The molecule has 1 radical (unpaired) electrons. The second kappa shape index (κ2) is 10.1. The van der Waals surface area contributed by atoms with Crippen molar-refractivity contribution in [1.29, 1.82) is 0 Å². The Morgan fingerprint density at radius 1 is 1.15 bits per heavy atom. The monoisotopic (exact) mass is 543 g/mol. The first kappa shape index (κ1) is 22.7. The summed E-state index contributed by atoms with van der Waals surface area (Å²) in [6, 6.07) is 16.2. The van der Waals surface area contributed by atoms with Crippen molar-refractivity contribution in [2.24, 2.45) is 0 Å². The molecule has 3 nitrogen and oxygen atoms in total. The van der Waals surface area contributed by atoms with Crippen molar-refractivity contribution in [2.45, 2.75) is 27.7 Å². The van der Waals surface area contributed by atoms with Crippen LogP contribution >= 0.6 is 0 Å². The fourth-order valence-corrected chi connectivity index (χ4v) is 2.42. The number of hydrogen-bond acceptors (Lipinski definition) is 3. The third-order valence-electron chi connectivity index (χ3n) is 3.61. The number of aliphatic hydroxyl groups is 1. The second-order valence-corrected chi connectivity index (χ2v) is 6.17. The van der Waals surface area contributed by atoms with Crippen LogP contribution in [0.1, 0.15) is 25.0 Å². The number of ketones is 1. The van der Waals surface area contributed by atoms with Crippen LogP contribution in [0, 0.1) is 25.7 Å². The molecule has 27 heavy (non-hydrogen) atoms. The first-order valence-corrected chi connectivity index (χ1v) is 8.19. The average molecular weight is 543 g/mol. The molecule has 0 bridgehead atoms. The van der Waals surface area contributed by atoms with E-state index in [1.165, 1.54) is 31.6 Å². The number of fused-ring (bicyclic) bond motifs is 1. The summed E-state index contributed by atoms with van der Waals surface area (Å²) in [6.07, 6.45) is 1.17. The minimum absolute atomic E-state index is 0. The maximum Gasteiger partial charge on any atom is 0.155 e. The summed E-state index contributed by atoms with van der Waals surface area (Å²) in [7, 11) is 0. The van der Waals surface area contributed by atoms with E-state index in [9.17, 15) is 9.18 Å². The van der Waals surface area contributed by atoms with Gasteiger partial charge in [0.2, 0.25) is 0 Å². The zero-order valence-corrected chi connectivity index (χ0v) is 18.0. The summed E-state index contributed by atoms with van der Waals surface area (Å²) in [5.41, 5.74) is 4.42. The van der Waals surface area contributed by atoms with E-state index < -0.39 is 0 Å². The van der Waals surface area contributed by atoms with Crippen LogP contribution in [0.25, 0.3) is 22.2 Å². The Bertz CT molecular complexity index is 979. The van der Waals surface area contributed by atoms with Crippen molar-refractivity contribution < 1.29 is 34.4 Å². The summed E-state index contributed by atoms with van der Waals surface area (Å²) in [5, 5.41) is 9.18. The van der Waals surface area contributed by atoms with E-state index in [1.54, 1.807) is 13.0 Å². The van der Waals surface area contributed by atoms with Crippen LogP contribution in [0.3, 0.4) is 0 Å². The standard InChI is InChI=1S/C17H13FN.C5H8O2.Ir/c1-11-4-3-5-13(8-11)16-7-6-14-10-15(18)12(2)9-17(14)19-16;1-4(6)3-5(2)7;/h3-4,6-10H,1-2H3;3,6H,1-2H3;/q-1;;/b;4-3-;. The number of carbonyl (C=O) groups excluding carboxylic acids is 1. The minimum Gasteiger partial charge on any atom is -0.512 e. The quantitative estimate of drug-likeness (QED) is 0.265. The topological polar surface area (TPSA) is 50.2 Å². The number of aromatic nitrogens is 1. The Hall–Kier alpha value is -2.36. The maximum absolute atomic E-state index is 13.5. The van der Waals surface area contributed by atoms with Crippen LogP contribution in [0.2, 0.25) is 0 Å². The normalized spacial score (nSPS) is 10.6. The molecule has 0 aliphatic carbocycles. The molecule has 5 heteroatoms. The molecule has 3 aromatic rings. The average Bonchev–Trinajstić information content (AvgIpc) is 2.55. The molecule has 3 rings (SSSR count). The number of halogens is 1. The van der Waals surface area contributed by atoms with Gasteiger partial charge < -0.3 is 5.11 Å². The molecular formula is C22H21FIrNO2-. The van der Waals surface area contributed by atoms with Gasteiger partial charge in [-0.1, -0.05) is 19.1 Å². The zero-order valence-electron chi connectivity index (χ0n) is 15.6. The van der Waals surface area contributed by atoms with Gasteiger partial charge in [0, 0.05) is 31.6 Å². The minimum atomic E-state index is -0.191. The predicted octanol–water partition coefficient (Wildman–Crippen LogP) is 5.49. The maximum atomic E-state index is 13.5. The molecule has 0 spiro atoms. The summed E-state index contributed by atoms with van der Waals surface area (Å²) >= 11 is 0. The molecule has 0 saturated carbocycles. The second-order valence-electron chi connectivity index (χ2n) is 6.17. The van der Waals surface area contributed by atoms with Crippen molar-refractivity contribution in [3.05, 3.63) is 77.3 Å². The Morgan fingerprint density at radius 3 is 2.41 bits per heavy atom. The molecule has 1 N–H and O–H groups in total. The summed E-state index contributed by atoms with van der Waals surface area (Å²) in [6.45, 7) is 6.64. The first-order chi connectivity index (χ1) is 12.3. The van der Waals surface area contributed by atoms with Gasteiger partial charge >= 0.3 is 0 Å². The third-order valence-corrected chi connectivity index (χ3v) is 3.61. The molecule has 143 valence electrons. The number of rotatable bonds is 2. The SMILES string of the molecule is CC(=O)/C=C(/C)O.Cc1cc[c-]c(-c2ccc3cc(F)c(C)cc3n2)c1.[Ir]. The van der Waals surface area contributed by atoms with Gasteiger partial charge in [-0.15, -0.1) is 35.4 Å². The zero-order chi connectivity index (χ0) is 19.3. The van der Waals surface area contributed by atoms with Gasteiger partial charge in [0.05, 0.1) is 11.3 Å². The van der Waals surface area contributed by atoms with Crippen LogP contribution < -0.4 is 0 Å². The van der Waals surface area contributed by atoms with Crippen LogP contribution in [0.4, 0.5) is 4.39 Å². The predicted molar refractivity (Wildman–Crippen MR) is 103 cm³/mol. The van der Waals surface area contributed by atoms with Crippen molar-refractivity contribution in [2.75, 3.05) is 0 Å². The molecule has 1 heterocycles. The van der Waals surface area contributed by atoms with E-state index in [0.29, 0.717) is 5.56 Å². The number of hydrogen-bond donors (Lipinski definition) is 1. The van der Waals surface area contributed by atoms with Crippen molar-refractivity contribution in [1.82, 2.24) is 4.98 Å². The van der Waals surface area contributed by atoms with Gasteiger partial charge in [0.1, 0.15) is 5.82 Å². The number of nitrogens with zero attached hydrogens (tertiary/aromatic N) is 1. The first-order valence-electron chi connectivity index (χ1n) is 8.19. The van der Waals surface area contributed by atoms with Gasteiger partial charge in [0.25, 0.3) is 0 Å². The van der Waals surface area contributed by atoms with Crippen LogP contribution in [0.15, 0.2) is 54.3 Å². The number of allylic oxidation sites excluding steroid dienone is 2. The fraction of sp³-hybridized carbons (Fsp3) is 0.182.